The molecule has 0 spiro atoms. The summed E-state index contributed by atoms with van der Waals surface area (Å²) in [4.78, 5) is 40.0. The number of carbonyl (C=O) groups excluding carboxylic acids is 2. The van der Waals surface area contributed by atoms with Gasteiger partial charge in [0.15, 0.2) is 0 Å². The molecule has 1 N–H and O–H groups in total. The lowest BCUT2D eigenvalue weighted by Gasteiger charge is -2.30. The van der Waals surface area contributed by atoms with E-state index in [1.54, 1.807) is 0 Å². The van der Waals surface area contributed by atoms with Crippen LogP contribution in [0.4, 0.5) is 0 Å². The Kier molecular flexibility index (Phi) is 53.8. The van der Waals surface area contributed by atoms with Crippen molar-refractivity contribution in [1.29, 1.82) is 0 Å². The lowest BCUT2D eigenvalue weighted by Crippen LogP contribution is -2.47. The number of phosphoric ester groups is 1. The van der Waals surface area contributed by atoms with Crippen molar-refractivity contribution >= 4 is 19.7 Å². The van der Waals surface area contributed by atoms with Crippen LogP contribution in [0, 0.1) is 0 Å². The molecular formula is C65H123N2O7P. The average molecular weight is 1080 g/mol. The van der Waals surface area contributed by atoms with Crippen LogP contribution in [0.3, 0.4) is 0 Å². The van der Waals surface area contributed by atoms with Gasteiger partial charge in [0.05, 0.1) is 33.8 Å². The molecule has 3 unspecified atom stereocenters. The van der Waals surface area contributed by atoms with E-state index < -0.39 is 26.6 Å². The van der Waals surface area contributed by atoms with E-state index in [-0.39, 0.29) is 24.9 Å². The van der Waals surface area contributed by atoms with Crippen LogP contribution in [0.1, 0.15) is 303 Å². The fourth-order valence-electron chi connectivity index (χ4n) is 9.41. The first-order valence-corrected chi connectivity index (χ1v) is 33.4. The summed E-state index contributed by atoms with van der Waals surface area (Å²) in [5.74, 6) is -0.544. The number of nitrogens with one attached hydrogen (secondary N) is 1. The van der Waals surface area contributed by atoms with Crippen LogP contribution in [0.15, 0.2) is 48.6 Å². The lowest BCUT2D eigenvalue weighted by atomic mass is 10.0. The third-order valence-corrected chi connectivity index (χ3v) is 15.3. The molecule has 9 nitrogen and oxygen atoms in total. The summed E-state index contributed by atoms with van der Waals surface area (Å²) in [5, 5.41) is 3.02. The van der Waals surface area contributed by atoms with Crippen LogP contribution < -0.4 is 10.2 Å². The lowest BCUT2D eigenvalue weighted by molar-refractivity contribution is -0.870. The van der Waals surface area contributed by atoms with Crippen LogP contribution >= 0.6 is 7.82 Å². The van der Waals surface area contributed by atoms with Gasteiger partial charge in [0.1, 0.15) is 19.3 Å². The molecular weight excluding hydrogens is 952 g/mol. The SMILES string of the molecule is CC/C=C/C=C/C=C/CCCCCCCCCC(=O)NC(COP(=O)([O-])OCC[N+](C)(C)C)C(/C=C\CCCCCCCCCCC)OC(=O)CCCCCCCCCCCCCCCCCCCCCCCCC. The molecule has 0 aromatic rings. The fourth-order valence-corrected chi connectivity index (χ4v) is 10.1. The molecule has 0 radical (unpaired) electrons. The van der Waals surface area contributed by atoms with Crippen LogP contribution in [-0.2, 0) is 27.9 Å². The predicted molar refractivity (Wildman–Crippen MR) is 321 cm³/mol. The molecule has 0 aliphatic rings. The first-order valence-electron chi connectivity index (χ1n) is 32.0. The van der Waals surface area contributed by atoms with Crippen LogP contribution in [0.25, 0.3) is 0 Å². The molecule has 3 atom stereocenters. The predicted octanol–water partition coefficient (Wildman–Crippen LogP) is 19.0. The van der Waals surface area contributed by atoms with Gasteiger partial charge in [-0.1, -0.05) is 288 Å². The molecule has 0 aromatic heterocycles. The summed E-state index contributed by atoms with van der Waals surface area (Å²) in [7, 11) is 1.18. The number of ether oxygens (including phenoxy) is 1. The Morgan fingerprint density at radius 1 is 0.480 bits per heavy atom. The smallest absolute Gasteiger partial charge is 0.306 e. The van der Waals surface area contributed by atoms with E-state index in [0.717, 1.165) is 77.0 Å². The minimum atomic E-state index is -4.70. The molecule has 0 saturated heterocycles. The van der Waals surface area contributed by atoms with E-state index in [1.165, 1.54) is 193 Å². The van der Waals surface area contributed by atoms with Crippen molar-refractivity contribution in [1.82, 2.24) is 5.32 Å². The molecule has 75 heavy (non-hydrogen) atoms. The summed E-state index contributed by atoms with van der Waals surface area (Å²) in [5.41, 5.74) is 0. The van der Waals surface area contributed by atoms with Gasteiger partial charge < -0.3 is 28.5 Å². The zero-order chi connectivity index (χ0) is 55.0. The first-order chi connectivity index (χ1) is 36.4. The normalized spacial score (nSPS) is 14.0. The number of carbonyl (C=O) groups is 2. The monoisotopic (exact) mass is 1070 g/mol. The summed E-state index contributed by atoms with van der Waals surface area (Å²) in [6.07, 6.45) is 68.0. The largest absolute Gasteiger partial charge is 0.756 e. The highest BCUT2D eigenvalue weighted by Crippen LogP contribution is 2.38. The molecule has 10 heteroatoms. The van der Waals surface area contributed by atoms with Crippen LogP contribution in [-0.4, -0.2) is 69.4 Å². The van der Waals surface area contributed by atoms with E-state index >= 15 is 0 Å². The molecule has 1 amide bonds. The van der Waals surface area contributed by atoms with E-state index in [1.807, 2.05) is 33.3 Å². The number of hydrogen-bond acceptors (Lipinski definition) is 7. The minimum absolute atomic E-state index is 0.0240. The van der Waals surface area contributed by atoms with E-state index in [0.29, 0.717) is 17.4 Å². The number of unbranched alkanes of at least 4 members (excludes halogenated alkanes) is 38. The van der Waals surface area contributed by atoms with Crippen molar-refractivity contribution in [2.75, 3.05) is 40.9 Å². The third-order valence-electron chi connectivity index (χ3n) is 14.3. The van der Waals surface area contributed by atoms with E-state index in [9.17, 15) is 19.0 Å². The van der Waals surface area contributed by atoms with Gasteiger partial charge in [-0.25, -0.2) is 0 Å². The Hall–Kier alpha value is -2.03. The standard InChI is InChI=1S/C65H123N2O7P/c1-7-10-13-16-19-22-25-27-29-30-31-32-33-34-35-36-38-40-43-46-49-52-55-58-65(69)74-63(56-53-50-47-44-41-24-21-18-15-12-9-3)62(61-73-75(70,71)72-60-59-67(4,5)6)66-64(68)57-54-51-48-45-42-39-37-28-26-23-20-17-14-11-8-2/h11,14,17,20,23,26,53,56,62-63H,7-10,12-13,15-16,18-19,21-22,24-25,27-52,54-55,57-61H2,1-6H3,(H-,66,68,70,71)/b14-11+,20-17+,26-23+,56-53-. The highest BCUT2D eigenvalue weighted by molar-refractivity contribution is 7.45. The number of hydrogen-bond donors (Lipinski definition) is 1. The van der Waals surface area contributed by atoms with Crippen molar-refractivity contribution in [2.24, 2.45) is 0 Å². The van der Waals surface area contributed by atoms with Gasteiger partial charge in [0.25, 0.3) is 7.82 Å². The zero-order valence-electron chi connectivity index (χ0n) is 50.3. The second-order valence-electron chi connectivity index (χ2n) is 23.0. The summed E-state index contributed by atoms with van der Waals surface area (Å²) >= 11 is 0. The number of nitrogens with zero attached hydrogens (tertiary/aromatic N) is 1. The Bertz CT molecular complexity index is 1420. The molecule has 0 saturated carbocycles. The number of allylic oxidation sites excluding steroid dienone is 7. The number of likely N-dealkylation sites (N-methyl/N-ethyl adjacent to an activating group) is 1. The molecule has 440 valence electrons. The number of phosphoric acid groups is 1. The highest BCUT2D eigenvalue weighted by Gasteiger charge is 2.27. The quantitative estimate of drug-likeness (QED) is 0.0161. The first kappa shape index (κ1) is 73.0. The van der Waals surface area contributed by atoms with Gasteiger partial charge in [-0.05, 0) is 51.0 Å². The van der Waals surface area contributed by atoms with Crippen molar-refractivity contribution in [3.05, 3.63) is 48.6 Å². The molecule has 0 aromatic carbocycles. The second kappa shape index (κ2) is 55.3. The van der Waals surface area contributed by atoms with Gasteiger partial charge in [-0.15, -0.1) is 0 Å². The van der Waals surface area contributed by atoms with Crippen molar-refractivity contribution in [2.45, 2.75) is 315 Å². The fraction of sp³-hybridized carbons (Fsp3) is 0.846. The van der Waals surface area contributed by atoms with Gasteiger partial charge in [0, 0.05) is 12.8 Å². The van der Waals surface area contributed by atoms with E-state index in [2.05, 4.69) is 62.5 Å². The highest BCUT2D eigenvalue weighted by atomic mass is 31.2. The maximum Gasteiger partial charge on any atom is 0.306 e. The van der Waals surface area contributed by atoms with Crippen molar-refractivity contribution in [3.8, 4) is 0 Å². The summed E-state index contributed by atoms with van der Waals surface area (Å²) in [6, 6.07) is -0.892. The van der Waals surface area contributed by atoms with Crippen molar-refractivity contribution in [3.63, 3.8) is 0 Å². The molecule has 0 aliphatic carbocycles. The number of quaternary nitrogens is 1. The Balaban J connectivity index is 5.09. The minimum Gasteiger partial charge on any atom is -0.756 e. The molecule has 0 aliphatic heterocycles. The molecule has 0 bridgehead atoms. The summed E-state index contributed by atoms with van der Waals surface area (Å²) in [6.45, 7) is 6.73. The Labute approximate surface area is 465 Å². The van der Waals surface area contributed by atoms with Gasteiger partial charge in [-0.2, -0.15) is 0 Å². The number of amides is 1. The molecule has 0 heterocycles. The van der Waals surface area contributed by atoms with Gasteiger partial charge in [0.2, 0.25) is 5.91 Å². The third kappa shape index (κ3) is 56.5. The topological polar surface area (TPSA) is 114 Å². The second-order valence-corrected chi connectivity index (χ2v) is 24.4. The molecule has 0 fully saturated rings. The maximum atomic E-state index is 13.5. The van der Waals surface area contributed by atoms with Crippen molar-refractivity contribution < 1.29 is 37.3 Å². The number of esters is 1. The van der Waals surface area contributed by atoms with E-state index in [4.69, 9.17) is 13.8 Å². The Morgan fingerprint density at radius 2 is 0.853 bits per heavy atom. The Morgan fingerprint density at radius 3 is 1.27 bits per heavy atom. The zero-order valence-corrected chi connectivity index (χ0v) is 51.2. The summed E-state index contributed by atoms with van der Waals surface area (Å²) < 4.78 is 30.3. The van der Waals surface area contributed by atoms with Gasteiger partial charge >= 0.3 is 5.97 Å². The van der Waals surface area contributed by atoms with Crippen LogP contribution in [0.5, 0.6) is 0 Å². The molecule has 0 rings (SSSR count). The maximum absolute atomic E-state index is 13.5. The number of rotatable bonds is 58. The van der Waals surface area contributed by atoms with Gasteiger partial charge in [-0.3, -0.25) is 14.2 Å². The van der Waals surface area contributed by atoms with Crippen LogP contribution in [0.2, 0.25) is 0 Å². The average Bonchev–Trinajstić information content (AvgIpc) is 3.37.